The molecule has 3 rings (SSSR count). The number of ether oxygens (including phenoxy) is 1. The second-order valence-electron chi connectivity index (χ2n) is 6.14. The van der Waals surface area contributed by atoms with E-state index in [0.29, 0.717) is 19.6 Å². The molecule has 0 aliphatic carbocycles. The molecule has 24 heavy (non-hydrogen) atoms. The lowest BCUT2D eigenvalue weighted by Gasteiger charge is -2.18. The maximum absolute atomic E-state index is 12.1. The number of benzene rings is 2. The molecule has 1 aliphatic heterocycles. The minimum absolute atomic E-state index is 0.155. The van der Waals surface area contributed by atoms with Gasteiger partial charge in [-0.15, -0.1) is 0 Å². The number of fused-ring (bicyclic) bond motifs is 1. The first kappa shape index (κ1) is 16.5. The Bertz CT molecular complexity index is 703. The Morgan fingerprint density at radius 3 is 2.71 bits per heavy atom. The molecule has 0 bridgehead atoms. The quantitative estimate of drug-likeness (QED) is 0.789. The topological polar surface area (TPSA) is 70.6 Å². The fourth-order valence-corrected chi connectivity index (χ4v) is 2.85. The highest BCUT2D eigenvalue weighted by Crippen LogP contribution is 2.23. The van der Waals surface area contributed by atoms with Crippen LogP contribution in [0.1, 0.15) is 36.1 Å². The van der Waals surface area contributed by atoms with Gasteiger partial charge in [-0.25, -0.2) is 4.79 Å². The maximum Gasteiger partial charge on any atom is 0.319 e. The number of anilines is 1. The highest BCUT2D eigenvalue weighted by molar-refractivity contribution is 5.89. The summed E-state index contributed by atoms with van der Waals surface area (Å²) < 4.78 is 5.37. The first-order valence-corrected chi connectivity index (χ1v) is 8.12. The van der Waals surface area contributed by atoms with Gasteiger partial charge in [0.2, 0.25) is 0 Å². The van der Waals surface area contributed by atoms with Crippen molar-refractivity contribution in [3.63, 3.8) is 0 Å². The number of urea groups is 1. The van der Waals surface area contributed by atoms with E-state index >= 15 is 0 Å². The van der Waals surface area contributed by atoms with Gasteiger partial charge in [-0.3, -0.25) is 0 Å². The molecule has 3 N–H and O–H groups in total. The summed E-state index contributed by atoms with van der Waals surface area (Å²) in [6.45, 7) is 3.10. The largest absolute Gasteiger partial charge is 0.388 e. The minimum Gasteiger partial charge on any atom is -0.388 e. The Balaban J connectivity index is 1.51. The molecule has 2 unspecified atom stereocenters. The zero-order valence-corrected chi connectivity index (χ0v) is 13.7. The predicted molar refractivity (Wildman–Crippen MR) is 92.6 cm³/mol. The number of carbonyl (C=O) groups excluding carboxylic acids is 1. The Kier molecular flexibility index (Phi) is 5.13. The summed E-state index contributed by atoms with van der Waals surface area (Å²) in [5.41, 5.74) is 3.87. The van der Waals surface area contributed by atoms with Crippen LogP contribution in [0.3, 0.4) is 0 Å². The second kappa shape index (κ2) is 7.47. The van der Waals surface area contributed by atoms with Gasteiger partial charge in [-0.2, -0.15) is 0 Å². The number of nitrogens with one attached hydrogen (secondary N) is 2. The smallest absolute Gasteiger partial charge is 0.319 e. The van der Waals surface area contributed by atoms with E-state index in [1.165, 1.54) is 5.56 Å². The lowest BCUT2D eigenvalue weighted by atomic mass is 10.0. The monoisotopic (exact) mass is 326 g/mol. The number of aliphatic hydroxyl groups is 1. The van der Waals surface area contributed by atoms with Crippen LogP contribution in [0.4, 0.5) is 10.5 Å². The highest BCUT2D eigenvalue weighted by Gasteiger charge is 2.15. The van der Waals surface area contributed by atoms with Crippen molar-refractivity contribution in [3.05, 3.63) is 65.2 Å². The molecule has 126 valence electrons. The molecule has 1 heterocycles. The van der Waals surface area contributed by atoms with E-state index in [-0.39, 0.29) is 12.1 Å². The van der Waals surface area contributed by atoms with Crippen LogP contribution in [0.2, 0.25) is 0 Å². The van der Waals surface area contributed by atoms with Gasteiger partial charge in [0.05, 0.1) is 19.3 Å². The summed E-state index contributed by atoms with van der Waals surface area (Å²) in [5.74, 6) is 0. The summed E-state index contributed by atoms with van der Waals surface area (Å²) in [6.07, 6.45) is -0.145. The Morgan fingerprint density at radius 1 is 1.17 bits per heavy atom. The number of rotatable bonds is 5. The molecule has 5 nitrogen and oxygen atoms in total. The third-order valence-electron chi connectivity index (χ3n) is 4.12. The molecule has 2 atom stereocenters. The van der Waals surface area contributed by atoms with Gasteiger partial charge in [0.25, 0.3) is 0 Å². The van der Waals surface area contributed by atoms with Gasteiger partial charge in [-0.1, -0.05) is 36.4 Å². The molecule has 2 aromatic carbocycles. The van der Waals surface area contributed by atoms with Crippen molar-refractivity contribution >= 4 is 11.7 Å². The SMILES string of the molecule is CC(CC(O)c1ccccc1)NC(=O)Nc1ccc2c(c1)COC2. The zero-order chi connectivity index (χ0) is 16.9. The molecular weight excluding hydrogens is 304 g/mol. The van der Waals surface area contributed by atoms with Crippen molar-refractivity contribution in [2.75, 3.05) is 5.32 Å². The third-order valence-corrected chi connectivity index (χ3v) is 4.12. The normalized spacial score (nSPS) is 15.4. The van der Waals surface area contributed by atoms with Crippen molar-refractivity contribution in [3.8, 4) is 0 Å². The molecular formula is C19H22N2O3. The zero-order valence-electron chi connectivity index (χ0n) is 13.7. The first-order valence-electron chi connectivity index (χ1n) is 8.12. The lowest BCUT2D eigenvalue weighted by molar-refractivity contribution is 0.134. The van der Waals surface area contributed by atoms with Crippen molar-refractivity contribution in [1.82, 2.24) is 5.32 Å². The van der Waals surface area contributed by atoms with Crippen LogP contribution in [0, 0.1) is 0 Å². The number of amides is 2. The van der Waals surface area contributed by atoms with Crippen LogP contribution in [-0.2, 0) is 18.0 Å². The van der Waals surface area contributed by atoms with Crippen molar-refractivity contribution in [1.29, 1.82) is 0 Å². The second-order valence-corrected chi connectivity index (χ2v) is 6.14. The van der Waals surface area contributed by atoms with Crippen molar-refractivity contribution in [2.45, 2.75) is 38.7 Å². The summed E-state index contributed by atoms with van der Waals surface area (Å²) in [4.78, 5) is 12.1. The van der Waals surface area contributed by atoms with Crippen LogP contribution < -0.4 is 10.6 Å². The van der Waals surface area contributed by atoms with E-state index in [9.17, 15) is 9.90 Å². The molecule has 1 aliphatic rings. The van der Waals surface area contributed by atoms with Gasteiger partial charge in [-0.05, 0) is 42.2 Å². The van der Waals surface area contributed by atoms with Crippen molar-refractivity contribution < 1.29 is 14.6 Å². The van der Waals surface area contributed by atoms with Crippen molar-refractivity contribution in [2.24, 2.45) is 0 Å². The van der Waals surface area contributed by atoms with Crippen LogP contribution in [0.5, 0.6) is 0 Å². The minimum atomic E-state index is -0.598. The average molecular weight is 326 g/mol. The Morgan fingerprint density at radius 2 is 1.92 bits per heavy atom. The van der Waals surface area contributed by atoms with Gasteiger partial charge in [0, 0.05) is 11.7 Å². The molecule has 0 fully saturated rings. The van der Waals surface area contributed by atoms with Gasteiger partial charge >= 0.3 is 6.03 Å². The highest BCUT2D eigenvalue weighted by atomic mass is 16.5. The number of hydrogen-bond donors (Lipinski definition) is 3. The number of aliphatic hydroxyl groups excluding tert-OH is 1. The summed E-state index contributed by atoms with van der Waals surface area (Å²) >= 11 is 0. The van der Waals surface area contributed by atoms with E-state index in [1.54, 1.807) is 0 Å². The summed E-state index contributed by atoms with van der Waals surface area (Å²) in [7, 11) is 0. The first-order chi connectivity index (χ1) is 11.6. The third kappa shape index (κ3) is 4.13. The van der Waals surface area contributed by atoms with Gasteiger partial charge < -0.3 is 20.5 Å². The molecule has 2 aromatic rings. The number of hydrogen-bond acceptors (Lipinski definition) is 3. The maximum atomic E-state index is 12.1. The van der Waals surface area contributed by atoms with Crippen LogP contribution in [-0.4, -0.2) is 17.2 Å². The van der Waals surface area contributed by atoms with E-state index in [4.69, 9.17) is 4.74 Å². The molecule has 0 spiro atoms. The van der Waals surface area contributed by atoms with E-state index in [0.717, 1.165) is 16.8 Å². The van der Waals surface area contributed by atoms with Crippen LogP contribution in [0.15, 0.2) is 48.5 Å². The molecule has 0 saturated heterocycles. The summed E-state index contributed by atoms with van der Waals surface area (Å²) in [6, 6.07) is 14.8. The summed E-state index contributed by atoms with van der Waals surface area (Å²) in [5, 5.41) is 15.9. The standard InChI is InChI=1S/C19H22N2O3/c1-13(9-18(22)14-5-3-2-4-6-14)20-19(23)21-17-8-7-15-11-24-12-16(15)10-17/h2-8,10,13,18,22H,9,11-12H2,1H3,(H2,20,21,23). The molecule has 2 amide bonds. The fraction of sp³-hybridized carbons (Fsp3) is 0.316. The average Bonchev–Trinajstić information content (AvgIpc) is 3.03. The lowest BCUT2D eigenvalue weighted by Crippen LogP contribution is -2.37. The van der Waals surface area contributed by atoms with E-state index in [2.05, 4.69) is 10.6 Å². The Hall–Kier alpha value is -2.37. The van der Waals surface area contributed by atoms with Gasteiger partial charge in [0.15, 0.2) is 0 Å². The Labute approximate surface area is 141 Å². The molecule has 0 radical (unpaired) electrons. The van der Waals surface area contributed by atoms with Gasteiger partial charge in [0.1, 0.15) is 0 Å². The molecule has 0 saturated carbocycles. The predicted octanol–water partition coefficient (Wildman–Crippen LogP) is 3.35. The molecule has 0 aromatic heterocycles. The molecule has 5 heteroatoms. The van der Waals surface area contributed by atoms with E-state index in [1.807, 2.05) is 55.5 Å². The van der Waals surface area contributed by atoms with Crippen LogP contribution in [0.25, 0.3) is 0 Å². The van der Waals surface area contributed by atoms with E-state index < -0.39 is 6.10 Å². The fourth-order valence-electron chi connectivity index (χ4n) is 2.85. The van der Waals surface area contributed by atoms with Crippen LogP contribution >= 0.6 is 0 Å². The number of carbonyl (C=O) groups is 1.